The van der Waals surface area contributed by atoms with Gasteiger partial charge in [0.05, 0.1) is 6.61 Å². The first-order chi connectivity index (χ1) is 9.74. The first-order valence-electron chi connectivity index (χ1n) is 6.82. The average molecular weight is 272 g/mol. The summed E-state index contributed by atoms with van der Waals surface area (Å²) in [5.74, 6) is -0.0450. The molecular weight excluding hydrogens is 255 g/mol. The largest absolute Gasteiger partial charge is 0.487 e. The van der Waals surface area contributed by atoms with Gasteiger partial charge in [-0.15, -0.1) is 0 Å². The second-order valence-corrected chi connectivity index (χ2v) is 5.05. The van der Waals surface area contributed by atoms with Crippen LogP contribution >= 0.6 is 0 Å². The van der Waals surface area contributed by atoms with Gasteiger partial charge in [0, 0.05) is 0 Å². The highest BCUT2D eigenvalue weighted by molar-refractivity contribution is 5.32. The molecule has 0 aromatic heterocycles. The van der Waals surface area contributed by atoms with E-state index in [1.54, 1.807) is 12.1 Å². The van der Waals surface area contributed by atoms with E-state index in [9.17, 15) is 4.39 Å². The molecule has 3 heteroatoms. The molecular formula is C17H17FO2. The first-order valence-corrected chi connectivity index (χ1v) is 6.82. The quantitative estimate of drug-likeness (QED) is 0.845. The van der Waals surface area contributed by atoms with E-state index in [0.717, 1.165) is 17.5 Å². The van der Waals surface area contributed by atoms with E-state index in [0.29, 0.717) is 13.2 Å². The minimum Gasteiger partial charge on any atom is -0.487 e. The van der Waals surface area contributed by atoms with Gasteiger partial charge in [-0.05, 0) is 42.2 Å². The summed E-state index contributed by atoms with van der Waals surface area (Å²) in [7, 11) is 0. The molecule has 0 saturated heterocycles. The van der Waals surface area contributed by atoms with Crippen molar-refractivity contribution in [3.63, 3.8) is 0 Å². The second kappa shape index (κ2) is 5.63. The second-order valence-electron chi connectivity index (χ2n) is 5.05. The highest BCUT2D eigenvalue weighted by atomic mass is 19.1. The summed E-state index contributed by atoms with van der Waals surface area (Å²) in [6, 6.07) is 13.1. The number of fused-ring (bicyclic) bond motifs is 1. The fourth-order valence-electron chi connectivity index (χ4n) is 2.50. The van der Waals surface area contributed by atoms with Gasteiger partial charge in [-0.2, -0.15) is 0 Å². The molecule has 1 heterocycles. The lowest BCUT2D eigenvalue weighted by Gasteiger charge is -2.26. The van der Waals surface area contributed by atoms with Crippen LogP contribution in [0.1, 0.15) is 22.8 Å². The van der Waals surface area contributed by atoms with Crippen molar-refractivity contribution < 1.29 is 13.9 Å². The summed E-state index contributed by atoms with van der Waals surface area (Å²) in [5.41, 5.74) is 3.41. The maximum Gasteiger partial charge on any atom is 0.165 e. The number of halogens is 1. The Morgan fingerprint density at radius 1 is 1.25 bits per heavy atom. The summed E-state index contributed by atoms with van der Waals surface area (Å²) in [5, 5.41) is 0. The van der Waals surface area contributed by atoms with E-state index < -0.39 is 0 Å². The molecule has 0 bridgehead atoms. The maximum atomic E-state index is 13.7. The van der Waals surface area contributed by atoms with Crippen molar-refractivity contribution in [3.05, 3.63) is 65.0 Å². The zero-order chi connectivity index (χ0) is 13.9. The van der Waals surface area contributed by atoms with Crippen molar-refractivity contribution in [3.8, 4) is 5.75 Å². The van der Waals surface area contributed by atoms with Crippen LogP contribution in [0.25, 0.3) is 0 Å². The van der Waals surface area contributed by atoms with Crippen molar-refractivity contribution in [2.24, 2.45) is 0 Å². The zero-order valence-corrected chi connectivity index (χ0v) is 11.4. The highest BCUT2D eigenvalue weighted by Gasteiger charge is 2.21. The monoisotopic (exact) mass is 272 g/mol. The molecule has 1 atom stereocenters. The molecule has 1 unspecified atom stereocenters. The standard InChI is InChI=1S/C17H17FO2/c1-12-6-7-15(18)16(10-12)20-11-17-14-5-3-2-4-13(14)8-9-19-17/h2-7,10,17H,8-9,11H2,1H3. The predicted octanol–water partition coefficient (Wildman–Crippen LogP) is 3.83. The van der Waals surface area contributed by atoms with Gasteiger partial charge in [-0.1, -0.05) is 30.3 Å². The van der Waals surface area contributed by atoms with E-state index in [-0.39, 0.29) is 17.7 Å². The topological polar surface area (TPSA) is 18.5 Å². The van der Waals surface area contributed by atoms with E-state index in [1.807, 2.05) is 19.1 Å². The SMILES string of the molecule is Cc1ccc(F)c(OCC2OCCc3ccccc32)c1. The Balaban J connectivity index is 1.75. The Labute approximate surface area is 118 Å². The van der Waals surface area contributed by atoms with Crippen molar-refractivity contribution in [1.82, 2.24) is 0 Å². The maximum absolute atomic E-state index is 13.7. The number of benzene rings is 2. The van der Waals surface area contributed by atoms with Crippen LogP contribution in [0.5, 0.6) is 5.75 Å². The minimum absolute atomic E-state index is 0.125. The van der Waals surface area contributed by atoms with E-state index in [2.05, 4.69) is 12.1 Å². The normalized spacial score (nSPS) is 17.6. The molecule has 0 aliphatic carbocycles. The molecule has 2 aromatic rings. The molecule has 0 spiro atoms. The Morgan fingerprint density at radius 3 is 3.00 bits per heavy atom. The summed E-state index contributed by atoms with van der Waals surface area (Å²) in [6.45, 7) is 2.93. The molecule has 2 nitrogen and oxygen atoms in total. The molecule has 2 aromatic carbocycles. The predicted molar refractivity (Wildman–Crippen MR) is 75.5 cm³/mol. The lowest BCUT2D eigenvalue weighted by molar-refractivity contribution is 0.00934. The smallest absolute Gasteiger partial charge is 0.165 e. The van der Waals surface area contributed by atoms with Crippen LogP contribution in [0, 0.1) is 12.7 Å². The average Bonchev–Trinajstić information content (AvgIpc) is 2.48. The molecule has 1 aliphatic heterocycles. The lowest BCUT2D eigenvalue weighted by Crippen LogP contribution is -2.21. The Kier molecular flexibility index (Phi) is 3.70. The molecule has 0 N–H and O–H groups in total. The van der Waals surface area contributed by atoms with Gasteiger partial charge in [0.2, 0.25) is 0 Å². The summed E-state index contributed by atoms with van der Waals surface area (Å²) in [6.07, 6.45) is 0.797. The third kappa shape index (κ3) is 2.68. The molecule has 104 valence electrons. The van der Waals surface area contributed by atoms with Crippen LogP contribution in [-0.2, 0) is 11.2 Å². The van der Waals surface area contributed by atoms with Gasteiger partial charge in [0.15, 0.2) is 11.6 Å². The van der Waals surface area contributed by atoms with E-state index >= 15 is 0 Å². The summed E-state index contributed by atoms with van der Waals surface area (Å²) in [4.78, 5) is 0. The van der Waals surface area contributed by atoms with Crippen LogP contribution < -0.4 is 4.74 Å². The van der Waals surface area contributed by atoms with Gasteiger partial charge in [-0.3, -0.25) is 0 Å². The van der Waals surface area contributed by atoms with Crippen LogP contribution in [0.2, 0.25) is 0 Å². The van der Waals surface area contributed by atoms with Crippen molar-refractivity contribution in [1.29, 1.82) is 0 Å². The van der Waals surface area contributed by atoms with Crippen LogP contribution in [0.15, 0.2) is 42.5 Å². The molecule has 1 aliphatic rings. The molecule has 0 fully saturated rings. The Bertz CT molecular complexity index is 610. The Morgan fingerprint density at radius 2 is 2.10 bits per heavy atom. The number of ether oxygens (including phenoxy) is 2. The third-order valence-corrected chi connectivity index (χ3v) is 3.57. The van der Waals surface area contributed by atoms with Gasteiger partial charge >= 0.3 is 0 Å². The van der Waals surface area contributed by atoms with Gasteiger partial charge in [-0.25, -0.2) is 4.39 Å². The summed E-state index contributed by atoms with van der Waals surface area (Å²) >= 11 is 0. The third-order valence-electron chi connectivity index (χ3n) is 3.57. The van der Waals surface area contributed by atoms with Crippen molar-refractivity contribution >= 4 is 0 Å². The van der Waals surface area contributed by atoms with Crippen LogP contribution in [0.3, 0.4) is 0 Å². The molecule has 0 saturated carbocycles. The van der Waals surface area contributed by atoms with Gasteiger partial charge in [0.1, 0.15) is 12.7 Å². The number of rotatable bonds is 3. The number of hydrogen-bond acceptors (Lipinski definition) is 2. The highest BCUT2D eigenvalue weighted by Crippen LogP contribution is 2.28. The lowest BCUT2D eigenvalue weighted by atomic mass is 9.98. The fraction of sp³-hybridized carbons (Fsp3) is 0.294. The minimum atomic E-state index is -0.334. The van der Waals surface area contributed by atoms with Gasteiger partial charge < -0.3 is 9.47 Å². The van der Waals surface area contributed by atoms with E-state index in [1.165, 1.54) is 11.6 Å². The van der Waals surface area contributed by atoms with Crippen molar-refractivity contribution in [2.45, 2.75) is 19.4 Å². The first kappa shape index (κ1) is 13.1. The fourth-order valence-corrected chi connectivity index (χ4v) is 2.50. The Hall–Kier alpha value is -1.87. The van der Waals surface area contributed by atoms with E-state index in [4.69, 9.17) is 9.47 Å². The zero-order valence-electron chi connectivity index (χ0n) is 11.4. The number of hydrogen-bond donors (Lipinski definition) is 0. The molecule has 0 radical (unpaired) electrons. The molecule has 0 amide bonds. The number of aryl methyl sites for hydroxylation is 1. The van der Waals surface area contributed by atoms with Crippen LogP contribution in [0.4, 0.5) is 4.39 Å². The molecule has 3 rings (SSSR count). The van der Waals surface area contributed by atoms with Gasteiger partial charge in [0.25, 0.3) is 0 Å². The summed E-state index contributed by atoms with van der Waals surface area (Å²) < 4.78 is 25.0. The van der Waals surface area contributed by atoms with Crippen molar-refractivity contribution in [2.75, 3.05) is 13.2 Å². The molecule has 20 heavy (non-hydrogen) atoms. The van der Waals surface area contributed by atoms with Crippen LogP contribution in [-0.4, -0.2) is 13.2 Å².